The molecule has 2 N–H and O–H groups in total. The Morgan fingerprint density at radius 1 is 0.500 bits per heavy atom. The first-order valence-corrected chi connectivity index (χ1v) is 13.0. The van der Waals surface area contributed by atoms with Crippen molar-refractivity contribution in [3.8, 4) is 0 Å². The quantitative estimate of drug-likeness (QED) is 0.119. The highest BCUT2D eigenvalue weighted by Crippen LogP contribution is 2.21. The fraction of sp³-hybridized carbons (Fsp3) is 0.400. The van der Waals surface area contributed by atoms with Gasteiger partial charge in [-0.25, -0.2) is 9.13 Å². The van der Waals surface area contributed by atoms with E-state index < -0.39 is 0 Å². The summed E-state index contributed by atoms with van der Waals surface area (Å²) in [5.41, 5.74) is 5.04. The zero-order valence-corrected chi connectivity index (χ0v) is 26.0. The summed E-state index contributed by atoms with van der Waals surface area (Å²) in [7, 11) is 4.21. The number of aromatic nitrogens is 2. The van der Waals surface area contributed by atoms with Crippen molar-refractivity contribution in [2.75, 3.05) is 23.7 Å². The molecule has 4 rings (SSSR count). The third kappa shape index (κ3) is 8.43. The second-order valence-corrected chi connectivity index (χ2v) is 9.40. The molecule has 2 aromatic carbocycles. The van der Waals surface area contributed by atoms with Crippen LogP contribution < -0.4 is 67.7 Å². The molecule has 4 nitrogen and oxygen atoms in total. The summed E-state index contributed by atoms with van der Waals surface area (Å²) in [6, 6.07) is 21.6. The molecule has 0 atom stereocenters. The van der Waals surface area contributed by atoms with Crippen LogP contribution >= 0.6 is 0 Å². The number of aryl methyl sites for hydroxylation is 2. The summed E-state index contributed by atoms with van der Waals surface area (Å²) >= 11 is 0. The molecule has 0 amide bonds. The molecule has 36 heavy (non-hydrogen) atoms. The van der Waals surface area contributed by atoms with Crippen molar-refractivity contribution in [3.05, 3.63) is 73.1 Å². The Balaban J connectivity index is 0.00000228. The van der Waals surface area contributed by atoms with E-state index in [1.165, 1.54) is 84.5 Å². The molecule has 0 unspecified atom stereocenters. The zero-order valence-electron chi connectivity index (χ0n) is 21.6. The highest BCUT2D eigenvalue weighted by Gasteiger charge is 2.09. The van der Waals surface area contributed by atoms with Crippen molar-refractivity contribution in [1.29, 1.82) is 0 Å². The van der Waals surface area contributed by atoms with E-state index in [0.29, 0.717) is 0 Å². The largest absolute Gasteiger partial charge is 1.00 e. The van der Waals surface area contributed by atoms with Gasteiger partial charge in [0.1, 0.15) is 14.1 Å². The van der Waals surface area contributed by atoms with Crippen LogP contribution in [0.3, 0.4) is 0 Å². The average molecular weight is 710 g/mol. The minimum atomic E-state index is 0. The van der Waals surface area contributed by atoms with E-state index >= 15 is 0 Å². The van der Waals surface area contributed by atoms with Crippen LogP contribution in [0.25, 0.3) is 21.8 Å². The number of halogens is 2. The van der Waals surface area contributed by atoms with Crippen LogP contribution in [0, 0.1) is 0 Å². The van der Waals surface area contributed by atoms with Gasteiger partial charge >= 0.3 is 0 Å². The molecule has 0 saturated heterocycles. The molecular formula is C30H40I2N4. The van der Waals surface area contributed by atoms with Gasteiger partial charge in [-0.15, -0.1) is 0 Å². The van der Waals surface area contributed by atoms with E-state index in [0.717, 1.165) is 13.1 Å². The summed E-state index contributed by atoms with van der Waals surface area (Å²) in [5, 5.41) is 9.90. The lowest BCUT2D eigenvalue weighted by Crippen LogP contribution is -3.00. The van der Waals surface area contributed by atoms with Crippen LogP contribution in [0.15, 0.2) is 73.1 Å². The number of anilines is 2. The van der Waals surface area contributed by atoms with E-state index in [9.17, 15) is 0 Å². The van der Waals surface area contributed by atoms with Crippen LogP contribution in [0.2, 0.25) is 0 Å². The van der Waals surface area contributed by atoms with E-state index in [4.69, 9.17) is 0 Å². The van der Waals surface area contributed by atoms with E-state index in [2.05, 4.69) is 107 Å². The summed E-state index contributed by atoms with van der Waals surface area (Å²) in [6.07, 6.45) is 14.8. The summed E-state index contributed by atoms with van der Waals surface area (Å²) in [4.78, 5) is 0. The number of rotatable bonds is 13. The van der Waals surface area contributed by atoms with Crippen molar-refractivity contribution in [1.82, 2.24) is 0 Å². The molecule has 0 bridgehead atoms. The smallest absolute Gasteiger partial charge is 0.214 e. The van der Waals surface area contributed by atoms with Gasteiger partial charge in [0, 0.05) is 37.4 Å². The topological polar surface area (TPSA) is 31.8 Å². The van der Waals surface area contributed by atoms with Crippen LogP contribution in [-0.4, -0.2) is 13.1 Å². The molecule has 0 aliphatic heterocycles. The van der Waals surface area contributed by atoms with Crippen LogP contribution in [0.1, 0.15) is 51.4 Å². The molecule has 0 aliphatic rings. The van der Waals surface area contributed by atoms with Gasteiger partial charge in [0.25, 0.3) is 0 Å². The SMILES string of the molecule is C[n+]1ccc(NCCCCCCCCCCNc2cc[n+](C)c3ccccc23)c2ccccc21.[I-].[I-]. The van der Waals surface area contributed by atoms with Crippen molar-refractivity contribution < 1.29 is 57.1 Å². The molecule has 2 heterocycles. The third-order valence-corrected chi connectivity index (χ3v) is 6.81. The van der Waals surface area contributed by atoms with Crippen molar-refractivity contribution in [3.63, 3.8) is 0 Å². The standard InChI is InChI=1S/C30H38N4.2HI/c1-33-23-19-27(25-15-9-11-17-29(25)33)31-21-13-7-5-3-4-6-8-14-22-32-28-20-24-34(2)30-18-12-10-16-26(28)30;;/h9-12,15-20,23-24H,3-8,13-14,21-22H2,1-2H3;2*1H. The number of fused-ring (bicyclic) bond motifs is 2. The van der Waals surface area contributed by atoms with E-state index in [1.807, 2.05) is 0 Å². The van der Waals surface area contributed by atoms with E-state index in [-0.39, 0.29) is 48.0 Å². The maximum absolute atomic E-state index is 3.65. The second-order valence-electron chi connectivity index (χ2n) is 9.40. The molecule has 0 spiro atoms. The Kier molecular flexibility index (Phi) is 13.8. The predicted octanol–water partition coefficient (Wildman–Crippen LogP) is 0.295. The van der Waals surface area contributed by atoms with Crippen LogP contribution in [-0.2, 0) is 14.1 Å². The number of hydrogen-bond donors (Lipinski definition) is 2. The van der Waals surface area contributed by atoms with Gasteiger partial charge in [-0.3, -0.25) is 0 Å². The Morgan fingerprint density at radius 2 is 0.861 bits per heavy atom. The fourth-order valence-corrected chi connectivity index (χ4v) is 4.80. The molecule has 0 aliphatic carbocycles. The zero-order chi connectivity index (χ0) is 23.6. The van der Waals surface area contributed by atoms with Crippen molar-refractivity contribution in [2.45, 2.75) is 51.4 Å². The second kappa shape index (κ2) is 16.2. The Hall–Kier alpha value is -1.68. The first-order valence-electron chi connectivity index (χ1n) is 13.0. The number of pyridine rings is 2. The minimum absolute atomic E-state index is 0. The maximum Gasteiger partial charge on any atom is 0.214 e. The predicted molar refractivity (Wildman–Crippen MR) is 144 cm³/mol. The number of para-hydroxylation sites is 2. The lowest BCUT2D eigenvalue weighted by Gasteiger charge is -2.09. The molecule has 6 heteroatoms. The number of unbranched alkanes of at least 4 members (excludes halogenated alkanes) is 7. The molecule has 0 fully saturated rings. The Labute approximate surface area is 250 Å². The molecule has 0 radical (unpaired) electrons. The number of benzene rings is 2. The Morgan fingerprint density at radius 3 is 1.28 bits per heavy atom. The van der Waals surface area contributed by atoms with Gasteiger partial charge in [0.05, 0.1) is 22.1 Å². The third-order valence-electron chi connectivity index (χ3n) is 6.81. The van der Waals surface area contributed by atoms with Crippen LogP contribution in [0.4, 0.5) is 11.4 Å². The molecular weight excluding hydrogens is 670 g/mol. The molecule has 4 aromatic rings. The summed E-state index contributed by atoms with van der Waals surface area (Å²) in [5.74, 6) is 0. The maximum atomic E-state index is 3.65. The van der Waals surface area contributed by atoms with Gasteiger partial charge in [-0.2, -0.15) is 0 Å². The van der Waals surface area contributed by atoms with E-state index in [1.54, 1.807) is 0 Å². The van der Waals surface area contributed by atoms with Crippen LogP contribution in [0.5, 0.6) is 0 Å². The van der Waals surface area contributed by atoms with Crippen molar-refractivity contribution in [2.24, 2.45) is 14.1 Å². The molecule has 0 saturated carbocycles. The van der Waals surface area contributed by atoms with Gasteiger partial charge in [0.15, 0.2) is 12.4 Å². The highest BCUT2D eigenvalue weighted by molar-refractivity contribution is 5.89. The average Bonchev–Trinajstić information content (AvgIpc) is 2.87. The number of hydrogen-bond acceptors (Lipinski definition) is 2. The summed E-state index contributed by atoms with van der Waals surface area (Å²) in [6.45, 7) is 2.10. The fourth-order valence-electron chi connectivity index (χ4n) is 4.80. The van der Waals surface area contributed by atoms with Gasteiger partial charge in [-0.1, -0.05) is 62.8 Å². The number of nitrogens with zero attached hydrogens (tertiary/aromatic N) is 2. The minimum Gasteiger partial charge on any atom is -1.00 e. The highest BCUT2D eigenvalue weighted by atomic mass is 127. The first-order chi connectivity index (χ1) is 16.7. The van der Waals surface area contributed by atoms with Gasteiger partial charge in [0.2, 0.25) is 11.0 Å². The Bertz CT molecular complexity index is 1120. The van der Waals surface area contributed by atoms with Gasteiger partial charge < -0.3 is 58.6 Å². The first kappa shape index (κ1) is 30.5. The molecule has 2 aromatic heterocycles. The lowest BCUT2D eigenvalue weighted by atomic mass is 10.1. The summed E-state index contributed by atoms with van der Waals surface area (Å²) < 4.78 is 4.36. The molecule has 194 valence electrons. The number of nitrogens with one attached hydrogen (secondary N) is 2. The monoisotopic (exact) mass is 710 g/mol. The normalized spacial score (nSPS) is 10.6. The lowest BCUT2D eigenvalue weighted by molar-refractivity contribution is -0.644. The van der Waals surface area contributed by atoms with Gasteiger partial charge in [-0.05, 0) is 25.0 Å². The van der Waals surface area contributed by atoms with Crippen molar-refractivity contribution >= 4 is 33.2 Å².